The summed E-state index contributed by atoms with van der Waals surface area (Å²) in [5.74, 6) is 0.436. The highest BCUT2D eigenvalue weighted by atomic mass is 35.5. The Labute approximate surface area is 117 Å². The van der Waals surface area contributed by atoms with Crippen molar-refractivity contribution in [3.8, 4) is 5.75 Å². The van der Waals surface area contributed by atoms with Crippen molar-refractivity contribution in [1.29, 1.82) is 0 Å². The lowest BCUT2D eigenvalue weighted by Gasteiger charge is -2.08. The van der Waals surface area contributed by atoms with Gasteiger partial charge in [-0.3, -0.25) is 0 Å². The first-order chi connectivity index (χ1) is 9.20. The fourth-order valence-electron chi connectivity index (χ4n) is 1.81. The minimum Gasteiger partial charge on any atom is -0.497 e. The molecular weight excluding hydrogens is 265 g/mol. The molecule has 0 radical (unpaired) electrons. The molecule has 1 N–H and O–H groups in total. The molecule has 0 aliphatic rings. The van der Waals surface area contributed by atoms with E-state index in [1.54, 1.807) is 13.2 Å². The monoisotopic (exact) mass is 279 g/mol. The Bertz CT molecular complexity index is 560. The van der Waals surface area contributed by atoms with Crippen molar-refractivity contribution < 1.29 is 9.13 Å². The molecule has 2 nitrogen and oxygen atoms in total. The lowest BCUT2D eigenvalue weighted by molar-refractivity contribution is 0.414. The third-order valence-electron chi connectivity index (χ3n) is 2.81. The van der Waals surface area contributed by atoms with Crippen molar-refractivity contribution >= 4 is 11.6 Å². The van der Waals surface area contributed by atoms with Gasteiger partial charge in [-0.25, -0.2) is 4.39 Å². The molecule has 0 fully saturated rings. The second-order valence-corrected chi connectivity index (χ2v) is 4.55. The van der Waals surface area contributed by atoms with E-state index in [1.165, 1.54) is 6.07 Å². The Balaban J connectivity index is 1.94. The summed E-state index contributed by atoms with van der Waals surface area (Å²) in [5, 5.41) is 3.41. The molecule has 0 aliphatic carbocycles. The van der Waals surface area contributed by atoms with E-state index >= 15 is 0 Å². The predicted octanol–water partition coefficient (Wildman–Crippen LogP) is 3.78. The molecule has 0 atom stereocenters. The van der Waals surface area contributed by atoms with Crippen LogP contribution in [0.5, 0.6) is 5.75 Å². The minimum atomic E-state index is -0.387. The summed E-state index contributed by atoms with van der Waals surface area (Å²) in [6, 6.07) is 12.6. The van der Waals surface area contributed by atoms with Crippen molar-refractivity contribution in [3.63, 3.8) is 0 Å². The van der Waals surface area contributed by atoms with Gasteiger partial charge in [0.05, 0.1) is 12.1 Å². The van der Waals surface area contributed by atoms with Crippen LogP contribution in [-0.2, 0) is 13.1 Å². The van der Waals surface area contributed by atoms with Crippen LogP contribution in [0.1, 0.15) is 11.1 Å². The minimum absolute atomic E-state index is 0.181. The van der Waals surface area contributed by atoms with Gasteiger partial charge in [-0.15, -0.1) is 0 Å². The van der Waals surface area contributed by atoms with Crippen molar-refractivity contribution in [2.75, 3.05) is 7.11 Å². The summed E-state index contributed by atoms with van der Waals surface area (Å²) < 4.78 is 18.4. The number of rotatable bonds is 5. The largest absolute Gasteiger partial charge is 0.497 e. The van der Waals surface area contributed by atoms with Crippen LogP contribution in [0.2, 0.25) is 5.02 Å². The number of nitrogens with one attached hydrogen (secondary N) is 1. The van der Waals surface area contributed by atoms with Gasteiger partial charge in [-0.2, -0.15) is 0 Å². The Hall–Kier alpha value is -1.58. The number of hydrogen-bond acceptors (Lipinski definition) is 2. The van der Waals surface area contributed by atoms with Gasteiger partial charge in [0.25, 0.3) is 0 Å². The normalized spacial score (nSPS) is 10.5. The van der Waals surface area contributed by atoms with Gasteiger partial charge in [-0.05, 0) is 29.3 Å². The van der Waals surface area contributed by atoms with E-state index in [1.807, 2.05) is 30.3 Å². The molecule has 0 aliphatic heterocycles. The quantitative estimate of drug-likeness (QED) is 0.899. The molecule has 4 heteroatoms. The van der Waals surface area contributed by atoms with Gasteiger partial charge in [-0.1, -0.05) is 35.9 Å². The molecule has 0 aromatic heterocycles. The average Bonchev–Trinajstić information content (AvgIpc) is 2.44. The molecular formula is C15H15ClFNO. The summed E-state index contributed by atoms with van der Waals surface area (Å²) in [6.45, 7) is 1.19. The van der Waals surface area contributed by atoms with E-state index in [0.29, 0.717) is 13.1 Å². The number of benzene rings is 2. The third kappa shape index (κ3) is 3.69. The van der Waals surface area contributed by atoms with Crippen LogP contribution in [0, 0.1) is 5.82 Å². The van der Waals surface area contributed by atoms with Crippen LogP contribution < -0.4 is 10.1 Å². The Morgan fingerprint density at radius 1 is 1.16 bits per heavy atom. The second-order valence-electron chi connectivity index (χ2n) is 4.17. The molecule has 2 aromatic carbocycles. The first-order valence-corrected chi connectivity index (χ1v) is 6.35. The molecule has 19 heavy (non-hydrogen) atoms. The topological polar surface area (TPSA) is 21.3 Å². The Kier molecular flexibility index (Phi) is 4.77. The average molecular weight is 280 g/mol. The molecule has 2 aromatic rings. The summed E-state index contributed by atoms with van der Waals surface area (Å²) >= 11 is 5.89. The van der Waals surface area contributed by atoms with E-state index in [2.05, 4.69) is 5.32 Å². The molecule has 0 saturated carbocycles. The van der Waals surface area contributed by atoms with E-state index < -0.39 is 0 Å². The Morgan fingerprint density at radius 2 is 1.95 bits per heavy atom. The van der Waals surface area contributed by atoms with Gasteiger partial charge >= 0.3 is 0 Å². The van der Waals surface area contributed by atoms with E-state index in [-0.39, 0.29) is 10.8 Å². The first kappa shape index (κ1) is 13.8. The summed E-state index contributed by atoms with van der Waals surface area (Å²) in [7, 11) is 1.64. The lowest BCUT2D eigenvalue weighted by Crippen LogP contribution is -2.13. The Morgan fingerprint density at radius 3 is 2.74 bits per heavy atom. The van der Waals surface area contributed by atoms with Crippen LogP contribution in [0.25, 0.3) is 0 Å². The predicted molar refractivity (Wildman–Crippen MR) is 74.9 cm³/mol. The third-order valence-corrected chi connectivity index (χ3v) is 3.23. The molecule has 0 amide bonds. The highest BCUT2D eigenvalue weighted by Gasteiger charge is 2.05. The summed E-state index contributed by atoms with van der Waals surface area (Å²) in [5.41, 5.74) is 1.86. The zero-order valence-corrected chi connectivity index (χ0v) is 11.4. The summed E-state index contributed by atoms with van der Waals surface area (Å²) in [6.07, 6.45) is 0. The number of methoxy groups -OCH3 is 1. The molecule has 0 heterocycles. The SMILES string of the molecule is COc1cccc(CNCc2cccc(F)c2Cl)c1. The fraction of sp³-hybridized carbons (Fsp3) is 0.200. The van der Waals surface area contributed by atoms with Gasteiger partial charge < -0.3 is 10.1 Å². The van der Waals surface area contributed by atoms with Crippen LogP contribution in [0.3, 0.4) is 0 Å². The maximum Gasteiger partial charge on any atom is 0.142 e. The zero-order chi connectivity index (χ0) is 13.7. The highest BCUT2D eigenvalue weighted by molar-refractivity contribution is 6.31. The molecule has 100 valence electrons. The maximum atomic E-state index is 13.3. The number of ether oxygens (including phenoxy) is 1. The van der Waals surface area contributed by atoms with Crippen LogP contribution in [0.15, 0.2) is 42.5 Å². The second kappa shape index (κ2) is 6.55. The van der Waals surface area contributed by atoms with Gasteiger partial charge in [0.2, 0.25) is 0 Å². The number of halogens is 2. The molecule has 0 unspecified atom stereocenters. The molecule has 2 rings (SSSR count). The molecule has 0 bridgehead atoms. The van der Waals surface area contributed by atoms with E-state index in [4.69, 9.17) is 16.3 Å². The van der Waals surface area contributed by atoms with Crippen molar-refractivity contribution in [2.45, 2.75) is 13.1 Å². The van der Waals surface area contributed by atoms with Crippen molar-refractivity contribution in [3.05, 3.63) is 64.4 Å². The van der Waals surface area contributed by atoms with E-state index in [0.717, 1.165) is 16.9 Å². The van der Waals surface area contributed by atoms with Crippen molar-refractivity contribution in [1.82, 2.24) is 5.32 Å². The smallest absolute Gasteiger partial charge is 0.142 e. The number of hydrogen-bond donors (Lipinski definition) is 1. The van der Waals surface area contributed by atoms with Crippen LogP contribution in [0.4, 0.5) is 4.39 Å². The fourth-order valence-corrected chi connectivity index (χ4v) is 2.00. The summed E-state index contributed by atoms with van der Waals surface area (Å²) in [4.78, 5) is 0. The molecule has 0 saturated heterocycles. The van der Waals surface area contributed by atoms with Crippen LogP contribution >= 0.6 is 11.6 Å². The zero-order valence-electron chi connectivity index (χ0n) is 10.6. The van der Waals surface area contributed by atoms with Gasteiger partial charge in [0.15, 0.2) is 0 Å². The first-order valence-electron chi connectivity index (χ1n) is 5.97. The lowest BCUT2D eigenvalue weighted by atomic mass is 10.2. The van der Waals surface area contributed by atoms with Gasteiger partial charge in [0, 0.05) is 13.1 Å². The van der Waals surface area contributed by atoms with Crippen molar-refractivity contribution in [2.24, 2.45) is 0 Å². The molecule has 0 spiro atoms. The maximum absolute atomic E-state index is 13.3. The highest BCUT2D eigenvalue weighted by Crippen LogP contribution is 2.19. The standard InChI is InChI=1S/C15H15ClFNO/c1-19-13-6-2-4-11(8-13)9-18-10-12-5-3-7-14(17)15(12)16/h2-8,18H,9-10H2,1H3. The van der Waals surface area contributed by atoms with Gasteiger partial charge in [0.1, 0.15) is 11.6 Å². The van der Waals surface area contributed by atoms with Crippen LogP contribution in [-0.4, -0.2) is 7.11 Å². The van der Waals surface area contributed by atoms with E-state index in [9.17, 15) is 4.39 Å².